The molecule has 0 amide bonds. The lowest BCUT2D eigenvalue weighted by molar-refractivity contribution is 0.0125. The van der Waals surface area contributed by atoms with Crippen LogP contribution in [0.25, 0.3) is 0 Å². The lowest BCUT2D eigenvalue weighted by Crippen LogP contribution is -2.31. The molecule has 1 atom stereocenters. The molecule has 0 aliphatic carbocycles. The van der Waals surface area contributed by atoms with E-state index in [4.69, 9.17) is 9.47 Å². The molecule has 1 aliphatic rings. The maximum atomic E-state index is 10.0. The number of nitrogens with zero attached hydrogens (tertiary/aromatic N) is 1. The molecule has 0 aromatic heterocycles. The first-order valence-electron chi connectivity index (χ1n) is 5.30. The van der Waals surface area contributed by atoms with Crippen molar-refractivity contribution < 1.29 is 14.6 Å². The van der Waals surface area contributed by atoms with Crippen molar-refractivity contribution in [3.05, 3.63) is 23.3 Å². The normalized spacial score (nSPS) is 20.4. The maximum Gasteiger partial charge on any atom is 0.161 e. The Labute approximate surface area is 95.4 Å². The van der Waals surface area contributed by atoms with E-state index in [0.29, 0.717) is 5.75 Å². The van der Waals surface area contributed by atoms with Gasteiger partial charge in [-0.3, -0.25) is 4.90 Å². The van der Waals surface area contributed by atoms with E-state index in [-0.39, 0.29) is 0 Å². The summed E-state index contributed by atoms with van der Waals surface area (Å²) in [6.07, 6.45) is 0.368. The van der Waals surface area contributed by atoms with E-state index in [0.717, 1.165) is 29.8 Å². The summed E-state index contributed by atoms with van der Waals surface area (Å²) in [7, 11) is 5.13. The molecule has 0 saturated carbocycles. The predicted octanol–water partition coefficient (Wildman–Crippen LogP) is 1.18. The van der Waals surface area contributed by atoms with Crippen LogP contribution in [0.4, 0.5) is 0 Å². The number of hydrogen-bond donors (Lipinski definition) is 1. The summed E-state index contributed by atoms with van der Waals surface area (Å²) in [5.41, 5.74) is 2.04. The monoisotopic (exact) mass is 223 g/mol. The molecule has 1 aromatic rings. The van der Waals surface area contributed by atoms with Gasteiger partial charge in [-0.2, -0.15) is 0 Å². The van der Waals surface area contributed by atoms with Crippen molar-refractivity contribution in [3.63, 3.8) is 0 Å². The molecular formula is C12H17NO3. The highest BCUT2D eigenvalue weighted by atomic mass is 16.5. The van der Waals surface area contributed by atoms with Crippen molar-refractivity contribution in [3.8, 4) is 11.5 Å². The molecule has 1 heterocycles. The number of aliphatic hydroxyl groups is 1. The third-order valence-corrected chi connectivity index (χ3v) is 3.07. The van der Waals surface area contributed by atoms with Crippen molar-refractivity contribution in [2.24, 2.45) is 0 Å². The maximum absolute atomic E-state index is 10.0. The Morgan fingerprint density at radius 3 is 2.50 bits per heavy atom. The Bertz CT molecular complexity index is 392. The molecule has 1 N–H and O–H groups in total. The van der Waals surface area contributed by atoms with E-state index in [1.807, 2.05) is 24.1 Å². The van der Waals surface area contributed by atoms with Crippen LogP contribution in [-0.4, -0.2) is 37.8 Å². The van der Waals surface area contributed by atoms with Crippen LogP contribution >= 0.6 is 0 Å². The van der Waals surface area contributed by atoms with Gasteiger partial charge >= 0.3 is 0 Å². The van der Waals surface area contributed by atoms with E-state index in [9.17, 15) is 5.11 Å². The van der Waals surface area contributed by atoms with Crippen LogP contribution in [0.5, 0.6) is 11.5 Å². The van der Waals surface area contributed by atoms with Crippen molar-refractivity contribution in [1.82, 2.24) is 4.90 Å². The van der Waals surface area contributed by atoms with Crippen LogP contribution in [0.3, 0.4) is 0 Å². The Morgan fingerprint density at radius 2 is 1.88 bits per heavy atom. The van der Waals surface area contributed by atoms with E-state index >= 15 is 0 Å². The Balaban J connectivity index is 2.48. The number of rotatable bonds is 2. The lowest BCUT2D eigenvalue weighted by Gasteiger charge is -2.31. The minimum atomic E-state index is -0.552. The van der Waals surface area contributed by atoms with Gasteiger partial charge in [0.25, 0.3) is 0 Å². The summed E-state index contributed by atoms with van der Waals surface area (Å²) in [6.45, 7) is 0.851. The zero-order chi connectivity index (χ0) is 11.7. The van der Waals surface area contributed by atoms with Gasteiger partial charge in [-0.1, -0.05) is 0 Å². The van der Waals surface area contributed by atoms with Crippen molar-refractivity contribution >= 4 is 0 Å². The van der Waals surface area contributed by atoms with Gasteiger partial charge in [0.2, 0.25) is 0 Å². The van der Waals surface area contributed by atoms with Crippen LogP contribution in [-0.2, 0) is 6.42 Å². The molecule has 4 nitrogen and oxygen atoms in total. The molecule has 1 unspecified atom stereocenters. The average Bonchev–Trinajstić information content (AvgIpc) is 2.32. The molecule has 2 rings (SSSR count). The average molecular weight is 223 g/mol. The molecule has 0 radical (unpaired) electrons. The zero-order valence-electron chi connectivity index (χ0n) is 9.86. The van der Waals surface area contributed by atoms with E-state index in [2.05, 4.69) is 0 Å². The molecule has 0 spiro atoms. The number of hydrogen-bond acceptors (Lipinski definition) is 4. The molecule has 0 fully saturated rings. The van der Waals surface area contributed by atoms with Gasteiger partial charge < -0.3 is 14.6 Å². The summed E-state index contributed by atoms with van der Waals surface area (Å²) in [6, 6.07) is 3.80. The van der Waals surface area contributed by atoms with Gasteiger partial charge in [0.05, 0.1) is 14.2 Å². The number of fused-ring (bicyclic) bond motifs is 1. The van der Waals surface area contributed by atoms with Crippen molar-refractivity contribution in [1.29, 1.82) is 0 Å². The Kier molecular flexibility index (Phi) is 3.03. The van der Waals surface area contributed by atoms with E-state index in [1.54, 1.807) is 14.2 Å². The fraction of sp³-hybridized carbons (Fsp3) is 0.500. The predicted molar refractivity (Wildman–Crippen MR) is 60.8 cm³/mol. The second-order valence-corrected chi connectivity index (χ2v) is 4.01. The molecule has 4 heteroatoms. The zero-order valence-corrected chi connectivity index (χ0v) is 9.86. The summed E-state index contributed by atoms with van der Waals surface area (Å²) in [5.74, 6) is 1.38. The SMILES string of the molecule is COc1cc2c(cc1OC)C(O)N(C)CC2. The molecule has 0 saturated heterocycles. The second kappa shape index (κ2) is 4.31. The minimum Gasteiger partial charge on any atom is -0.493 e. The van der Waals surface area contributed by atoms with E-state index < -0.39 is 6.23 Å². The number of ether oxygens (including phenoxy) is 2. The first kappa shape index (κ1) is 11.2. The van der Waals surface area contributed by atoms with Gasteiger partial charge in [-0.05, 0) is 31.2 Å². The van der Waals surface area contributed by atoms with Crippen LogP contribution in [0, 0.1) is 0 Å². The first-order valence-corrected chi connectivity index (χ1v) is 5.30. The molecule has 16 heavy (non-hydrogen) atoms. The number of aliphatic hydroxyl groups excluding tert-OH is 1. The van der Waals surface area contributed by atoms with Crippen LogP contribution in [0.1, 0.15) is 17.4 Å². The Morgan fingerprint density at radius 1 is 1.25 bits per heavy atom. The fourth-order valence-corrected chi connectivity index (χ4v) is 2.05. The first-order chi connectivity index (χ1) is 7.67. The number of methoxy groups -OCH3 is 2. The third kappa shape index (κ3) is 1.74. The molecule has 0 bridgehead atoms. The molecule has 88 valence electrons. The summed E-state index contributed by atoms with van der Waals surface area (Å²) in [4.78, 5) is 1.91. The standard InChI is InChI=1S/C12H17NO3/c1-13-5-4-8-6-10(15-2)11(16-3)7-9(8)12(13)14/h6-7,12,14H,4-5H2,1-3H3. The number of likely N-dealkylation sites (N-methyl/N-ethyl adjacent to an activating group) is 1. The van der Waals surface area contributed by atoms with Gasteiger partial charge in [0, 0.05) is 12.1 Å². The van der Waals surface area contributed by atoms with Crippen molar-refractivity contribution in [2.45, 2.75) is 12.6 Å². The van der Waals surface area contributed by atoms with Crippen molar-refractivity contribution in [2.75, 3.05) is 27.8 Å². The highest BCUT2D eigenvalue weighted by Gasteiger charge is 2.24. The van der Waals surface area contributed by atoms with Gasteiger partial charge in [0.15, 0.2) is 11.5 Å². The van der Waals surface area contributed by atoms with Gasteiger partial charge in [0.1, 0.15) is 6.23 Å². The molecule has 1 aromatic carbocycles. The largest absolute Gasteiger partial charge is 0.493 e. The van der Waals surface area contributed by atoms with E-state index in [1.165, 1.54) is 0 Å². The summed E-state index contributed by atoms with van der Waals surface area (Å²) < 4.78 is 10.5. The van der Waals surface area contributed by atoms with Crippen LogP contribution in [0.15, 0.2) is 12.1 Å². The minimum absolute atomic E-state index is 0.552. The molecular weight excluding hydrogens is 206 g/mol. The third-order valence-electron chi connectivity index (χ3n) is 3.07. The van der Waals surface area contributed by atoms with Gasteiger partial charge in [-0.15, -0.1) is 0 Å². The smallest absolute Gasteiger partial charge is 0.161 e. The quantitative estimate of drug-likeness (QED) is 0.817. The fourth-order valence-electron chi connectivity index (χ4n) is 2.05. The van der Waals surface area contributed by atoms with Crippen LogP contribution in [0.2, 0.25) is 0 Å². The second-order valence-electron chi connectivity index (χ2n) is 4.01. The topological polar surface area (TPSA) is 41.9 Å². The molecule has 1 aliphatic heterocycles. The van der Waals surface area contributed by atoms with Crippen LogP contribution < -0.4 is 9.47 Å². The highest BCUT2D eigenvalue weighted by Crippen LogP contribution is 2.36. The Hall–Kier alpha value is -1.26. The summed E-state index contributed by atoms with van der Waals surface area (Å²) >= 11 is 0. The lowest BCUT2D eigenvalue weighted by atomic mass is 9.97. The highest BCUT2D eigenvalue weighted by molar-refractivity contribution is 5.48. The summed E-state index contributed by atoms with van der Waals surface area (Å²) in [5, 5.41) is 10.0. The van der Waals surface area contributed by atoms with Gasteiger partial charge in [-0.25, -0.2) is 0 Å². The number of benzene rings is 1.